The largest absolute Gasteiger partial charge is 0.456 e. The second-order valence-corrected chi connectivity index (χ2v) is 6.75. The zero-order valence-electron chi connectivity index (χ0n) is 16.6. The first-order valence-corrected chi connectivity index (χ1v) is 9.50. The van der Waals surface area contributed by atoms with Gasteiger partial charge < -0.3 is 19.2 Å². The van der Waals surface area contributed by atoms with Gasteiger partial charge >= 0.3 is 0 Å². The third kappa shape index (κ3) is 5.66. The molecule has 2 amide bonds. The summed E-state index contributed by atoms with van der Waals surface area (Å²) in [6, 6.07) is 16.4. The molecule has 0 radical (unpaired) electrons. The van der Waals surface area contributed by atoms with Crippen LogP contribution in [0.5, 0.6) is 0 Å². The van der Waals surface area contributed by atoms with Gasteiger partial charge in [0, 0.05) is 30.0 Å². The van der Waals surface area contributed by atoms with Crippen LogP contribution in [0.3, 0.4) is 0 Å². The molecule has 8 heteroatoms. The first-order chi connectivity index (χ1) is 14.6. The summed E-state index contributed by atoms with van der Waals surface area (Å²) in [5.41, 5.74) is 3.72. The lowest BCUT2D eigenvalue weighted by molar-refractivity contribution is -0.129. The highest BCUT2D eigenvalue weighted by molar-refractivity contribution is 5.95. The molecule has 1 heterocycles. The number of fused-ring (bicyclic) bond motifs is 1. The molecule has 3 aromatic rings. The molecule has 158 valence electrons. The number of ether oxygens (including phenoxy) is 2. The molecule has 0 aliphatic heterocycles. The van der Waals surface area contributed by atoms with E-state index in [1.807, 2.05) is 42.5 Å². The van der Waals surface area contributed by atoms with E-state index in [2.05, 4.69) is 5.32 Å². The van der Waals surface area contributed by atoms with E-state index in [0.717, 1.165) is 22.3 Å². The molecule has 0 aliphatic rings. The van der Waals surface area contributed by atoms with Crippen LogP contribution in [-0.4, -0.2) is 43.6 Å². The first kappa shape index (κ1) is 21.5. The molecular formula is C22H24N2O6. The van der Waals surface area contributed by atoms with Crippen LogP contribution in [0.1, 0.15) is 23.2 Å². The van der Waals surface area contributed by atoms with E-state index in [9.17, 15) is 9.59 Å². The fraction of sp³-hybridized carbons (Fsp3) is 0.273. The van der Waals surface area contributed by atoms with E-state index in [1.165, 1.54) is 7.11 Å². The van der Waals surface area contributed by atoms with Gasteiger partial charge in [0.1, 0.15) is 18.1 Å². The predicted octanol–water partition coefficient (Wildman–Crippen LogP) is 3.10. The zero-order chi connectivity index (χ0) is 21.3. The van der Waals surface area contributed by atoms with Crippen LogP contribution in [0.15, 0.2) is 59.0 Å². The minimum Gasteiger partial charge on any atom is -0.456 e. The molecule has 3 N–H and O–H groups in total. The van der Waals surface area contributed by atoms with Crippen molar-refractivity contribution in [2.24, 2.45) is 0 Å². The average molecular weight is 412 g/mol. The Balaban J connectivity index is 1.65. The molecule has 0 saturated heterocycles. The molecule has 0 spiro atoms. The SMILES string of the molecule is COCOC[C@H](CCC(=O)NO)NC(=O)c1ccc(-c2cc3ccccc3o2)cc1. The van der Waals surface area contributed by atoms with Crippen LogP contribution >= 0.6 is 0 Å². The third-order valence-corrected chi connectivity index (χ3v) is 4.56. The van der Waals surface area contributed by atoms with Crippen molar-refractivity contribution in [3.63, 3.8) is 0 Å². The highest BCUT2D eigenvalue weighted by Gasteiger charge is 2.16. The second kappa shape index (κ2) is 10.5. The standard InChI is InChI=1S/C22H24N2O6/c1-28-14-29-13-18(10-11-21(25)24-27)23-22(26)16-8-6-15(7-9-16)20-12-17-4-2-3-5-19(17)30-20/h2-9,12,18,27H,10-11,13-14H2,1H3,(H,23,26)(H,24,25)/t18-/m0/s1. The maximum Gasteiger partial charge on any atom is 0.251 e. The molecule has 2 aromatic carbocycles. The molecule has 3 rings (SSSR count). The van der Waals surface area contributed by atoms with Crippen molar-refractivity contribution in [2.75, 3.05) is 20.5 Å². The molecular weight excluding hydrogens is 388 g/mol. The summed E-state index contributed by atoms with van der Waals surface area (Å²) in [4.78, 5) is 23.9. The Morgan fingerprint density at radius 2 is 1.90 bits per heavy atom. The van der Waals surface area contributed by atoms with E-state index >= 15 is 0 Å². The Morgan fingerprint density at radius 3 is 2.60 bits per heavy atom. The first-order valence-electron chi connectivity index (χ1n) is 9.50. The Labute approximate surface area is 173 Å². The summed E-state index contributed by atoms with van der Waals surface area (Å²) in [6.45, 7) is 0.250. The van der Waals surface area contributed by atoms with Crippen molar-refractivity contribution < 1.29 is 28.7 Å². The smallest absolute Gasteiger partial charge is 0.251 e. The van der Waals surface area contributed by atoms with Crippen LogP contribution in [0.4, 0.5) is 0 Å². The molecule has 0 bridgehead atoms. The number of carbonyl (C=O) groups excluding carboxylic acids is 2. The predicted molar refractivity (Wildman–Crippen MR) is 110 cm³/mol. The molecule has 1 atom stereocenters. The van der Waals surface area contributed by atoms with E-state index in [1.54, 1.807) is 17.6 Å². The van der Waals surface area contributed by atoms with Crippen LogP contribution in [0.2, 0.25) is 0 Å². The minimum absolute atomic E-state index is 0.0444. The number of hydrogen-bond acceptors (Lipinski definition) is 6. The van der Waals surface area contributed by atoms with E-state index in [4.69, 9.17) is 19.1 Å². The maximum atomic E-state index is 12.6. The highest BCUT2D eigenvalue weighted by Crippen LogP contribution is 2.27. The number of hydrogen-bond donors (Lipinski definition) is 3. The molecule has 0 unspecified atom stereocenters. The Hall–Kier alpha value is -3.20. The number of hydroxylamine groups is 1. The van der Waals surface area contributed by atoms with E-state index < -0.39 is 11.9 Å². The number of benzene rings is 2. The van der Waals surface area contributed by atoms with Crippen molar-refractivity contribution in [1.82, 2.24) is 10.8 Å². The summed E-state index contributed by atoms with van der Waals surface area (Å²) in [5, 5.41) is 12.5. The molecule has 8 nitrogen and oxygen atoms in total. The topological polar surface area (TPSA) is 110 Å². The number of rotatable bonds is 10. The third-order valence-electron chi connectivity index (χ3n) is 4.56. The average Bonchev–Trinajstić information content (AvgIpc) is 3.21. The van der Waals surface area contributed by atoms with Gasteiger partial charge in [-0.1, -0.05) is 30.3 Å². The van der Waals surface area contributed by atoms with Crippen LogP contribution in [0, 0.1) is 0 Å². The van der Waals surface area contributed by atoms with Gasteiger partial charge in [0.2, 0.25) is 5.91 Å². The summed E-state index contributed by atoms with van der Waals surface area (Å²) in [6.07, 6.45) is 0.349. The Kier molecular flexibility index (Phi) is 7.56. The number of furan rings is 1. The van der Waals surface area contributed by atoms with Gasteiger partial charge in [0.05, 0.1) is 12.6 Å². The number of nitrogens with one attached hydrogen (secondary N) is 2. The molecule has 0 fully saturated rings. The number of amides is 2. The quantitative estimate of drug-likeness (QED) is 0.204. The van der Waals surface area contributed by atoms with Crippen molar-refractivity contribution >= 4 is 22.8 Å². The van der Waals surface area contributed by atoms with E-state index in [0.29, 0.717) is 12.0 Å². The fourth-order valence-electron chi connectivity index (χ4n) is 3.01. The van der Waals surface area contributed by atoms with Crippen molar-refractivity contribution in [3.8, 4) is 11.3 Å². The zero-order valence-corrected chi connectivity index (χ0v) is 16.6. The van der Waals surface area contributed by atoms with Gasteiger partial charge in [0.25, 0.3) is 5.91 Å². The number of carbonyl (C=O) groups is 2. The van der Waals surface area contributed by atoms with Gasteiger partial charge in [0.15, 0.2) is 0 Å². The van der Waals surface area contributed by atoms with Gasteiger partial charge in [-0.05, 0) is 30.7 Å². The fourth-order valence-corrected chi connectivity index (χ4v) is 3.01. The van der Waals surface area contributed by atoms with Crippen molar-refractivity contribution in [3.05, 3.63) is 60.2 Å². The summed E-state index contributed by atoms with van der Waals surface area (Å²) >= 11 is 0. The monoisotopic (exact) mass is 412 g/mol. The van der Waals surface area contributed by atoms with Crippen LogP contribution in [0.25, 0.3) is 22.3 Å². The van der Waals surface area contributed by atoms with Crippen LogP contribution in [-0.2, 0) is 14.3 Å². The Bertz CT molecular complexity index is 950. The minimum atomic E-state index is -0.531. The second-order valence-electron chi connectivity index (χ2n) is 6.75. The summed E-state index contributed by atoms with van der Waals surface area (Å²) in [7, 11) is 1.50. The summed E-state index contributed by atoms with van der Waals surface area (Å²) in [5.74, 6) is -0.0956. The van der Waals surface area contributed by atoms with Gasteiger partial charge in [-0.2, -0.15) is 0 Å². The maximum absolute atomic E-state index is 12.6. The normalized spacial score (nSPS) is 11.9. The Morgan fingerprint density at radius 1 is 1.13 bits per heavy atom. The molecule has 0 aliphatic carbocycles. The van der Waals surface area contributed by atoms with Gasteiger partial charge in [-0.25, -0.2) is 5.48 Å². The summed E-state index contributed by atoms with van der Waals surface area (Å²) < 4.78 is 16.0. The number of para-hydroxylation sites is 1. The molecule has 30 heavy (non-hydrogen) atoms. The van der Waals surface area contributed by atoms with Gasteiger partial charge in [-0.15, -0.1) is 0 Å². The lowest BCUT2D eigenvalue weighted by Gasteiger charge is -2.18. The lowest BCUT2D eigenvalue weighted by atomic mass is 10.1. The van der Waals surface area contributed by atoms with E-state index in [-0.39, 0.29) is 25.7 Å². The van der Waals surface area contributed by atoms with Gasteiger partial charge in [-0.3, -0.25) is 14.8 Å². The molecule has 1 aromatic heterocycles. The van der Waals surface area contributed by atoms with Crippen LogP contribution < -0.4 is 10.8 Å². The number of methoxy groups -OCH3 is 1. The van der Waals surface area contributed by atoms with Crippen molar-refractivity contribution in [2.45, 2.75) is 18.9 Å². The lowest BCUT2D eigenvalue weighted by Crippen LogP contribution is -2.39. The molecule has 0 saturated carbocycles. The van der Waals surface area contributed by atoms with Crippen molar-refractivity contribution in [1.29, 1.82) is 0 Å². The highest BCUT2D eigenvalue weighted by atomic mass is 16.7.